The number of amides is 1. The van der Waals surface area contributed by atoms with E-state index in [1.54, 1.807) is 0 Å². The second-order valence-electron chi connectivity index (χ2n) is 7.94. The number of rotatable bonds is 5. The van der Waals surface area contributed by atoms with Crippen LogP contribution >= 0.6 is 12.2 Å². The molecule has 1 N–H and O–H groups in total. The Balaban J connectivity index is 1.65. The van der Waals surface area contributed by atoms with Crippen molar-refractivity contribution >= 4 is 23.2 Å². The van der Waals surface area contributed by atoms with Gasteiger partial charge in [0, 0.05) is 13.1 Å². The number of nitrogens with one attached hydrogen (secondary N) is 1. The van der Waals surface area contributed by atoms with E-state index in [1.807, 2.05) is 0 Å². The fourth-order valence-electron chi connectivity index (χ4n) is 5.55. The van der Waals surface area contributed by atoms with Crippen molar-refractivity contribution in [3.05, 3.63) is 0 Å². The van der Waals surface area contributed by atoms with Crippen LogP contribution in [0, 0.1) is 23.2 Å². The molecule has 0 aromatic carbocycles. The number of thiocarbonyl (C=S) groups is 1. The Morgan fingerprint density at radius 1 is 1.05 bits per heavy atom. The highest BCUT2D eigenvalue weighted by Gasteiger charge is 2.54. The number of hydrogen-bond acceptors (Lipinski definition) is 2. The molecule has 4 bridgehead atoms. The van der Waals surface area contributed by atoms with E-state index in [1.165, 1.54) is 19.3 Å². The molecular formula is C18H30N2OS. The van der Waals surface area contributed by atoms with Crippen molar-refractivity contribution in [1.29, 1.82) is 0 Å². The minimum absolute atomic E-state index is 0.0943. The Morgan fingerprint density at radius 3 is 1.91 bits per heavy atom. The van der Waals surface area contributed by atoms with E-state index in [2.05, 4.69) is 24.1 Å². The lowest BCUT2D eigenvalue weighted by Crippen LogP contribution is -2.56. The van der Waals surface area contributed by atoms with Gasteiger partial charge in [0.2, 0.25) is 5.91 Å². The van der Waals surface area contributed by atoms with Gasteiger partial charge in [-0.3, -0.25) is 4.79 Å². The summed E-state index contributed by atoms with van der Waals surface area (Å²) in [4.78, 5) is 15.2. The lowest BCUT2D eigenvalue weighted by Gasteiger charge is -2.55. The van der Waals surface area contributed by atoms with E-state index in [-0.39, 0.29) is 11.3 Å². The monoisotopic (exact) mass is 322 g/mol. The van der Waals surface area contributed by atoms with Gasteiger partial charge in [-0.25, -0.2) is 0 Å². The van der Waals surface area contributed by atoms with E-state index in [9.17, 15) is 4.79 Å². The van der Waals surface area contributed by atoms with E-state index in [0.29, 0.717) is 5.11 Å². The Labute approximate surface area is 140 Å². The Bertz CT molecular complexity index is 407. The zero-order valence-corrected chi connectivity index (χ0v) is 14.9. The molecule has 0 aromatic heterocycles. The van der Waals surface area contributed by atoms with Crippen molar-refractivity contribution in [2.24, 2.45) is 23.2 Å². The molecule has 0 saturated heterocycles. The van der Waals surface area contributed by atoms with Gasteiger partial charge in [-0.2, -0.15) is 0 Å². The molecular weight excluding hydrogens is 292 g/mol. The summed E-state index contributed by atoms with van der Waals surface area (Å²) in [5.74, 6) is 2.63. The highest BCUT2D eigenvalue weighted by atomic mass is 32.1. The SMILES string of the molecule is CCCN(CCC)C(=S)NC(=O)C12CC3CC(CC(C3)C1)C2. The summed E-state index contributed by atoms with van der Waals surface area (Å²) in [6.07, 6.45) is 9.55. The first-order valence-corrected chi connectivity index (χ1v) is 9.57. The Kier molecular flexibility index (Phi) is 4.77. The van der Waals surface area contributed by atoms with Crippen LogP contribution in [0.3, 0.4) is 0 Å². The molecule has 4 heteroatoms. The molecule has 4 saturated carbocycles. The van der Waals surface area contributed by atoms with Crippen LogP contribution in [0.25, 0.3) is 0 Å². The van der Waals surface area contributed by atoms with E-state index >= 15 is 0 Å². The minimum Gasteiger partial charge on any atom is -0.349 e. The van der Waals surface area contributed by atoms with Crippen molar-refractivity contribution in [3.8, 4) is 0 Å². The molecule has 0 unspecified atom stereocenters. The molecule has 4 fully saturated rings. The lowest BCUT2D eigenvalue weighted by molar-refractivity contribution is -0.144. The number of carbonyl (C=O) groups is 1. The highest BCUT2D eigenvalue weighted by Crippen LogP contribution is 2.60. The normalized spacial score (nSPS) is 35.5. The van der Waals surface area contributed by atoms with Gasteiger partial charge in [0.15, 0.2) is 5.11 Å². The maximum Gasteiger partial charge on any atom is 0.232 e. The zero-order chi connectivity index (χ0) is 15.7. The molecule has 4 rings (SSSR count). The van der Waals surface area contributed by atoms with Crippen molar-refractivity contribution in [1.82, 2.24) is 10.2 Å². The first kappa shape index (κ1) is 16.2. The van der Waals surface area contributed by atoms with Crippen LogP contribution in [0.2, 0.25) is 0 Å². The average Bonchev–Trinajstić information content (AvgIpc) is 2.45. The largest absolute Gasteiger partial charge is 0.349 e. The average molecular weight is 323 g/mol. The van der Waals surface area contributed by atoms with Gasteiger partial charge in [0.1, 0.15) is 0 Å². The molecule has 0 spiro atoms. The summed E-state index contributed by atoms with van der Waals surface area (Å²) in [6, 6.07) is 0. The number of carbonyl (C=O) groups excluding carboxylic acids is 1. The minimum atomic E-state index is -0.0943. The fourth-order valence-corrected chi connectivity index (χ4v) is 5.83. The predicted octanol–water partition coefficient (Wildman–Crippen LogP) is 3.73. The van der Waals surface area contributed by atoms with Gasteiger partial charge in [-0.05, 0) is 81.3 Å². The third-order valence-electron chi connectivity index (χ3n) is 6.01. The van der Waals surface area contributed by atoms with E-state index in [4.69, 9.17) is 12.2 Å². The van der Waals surface area contributed by atoms with Crippen molar-refractivity contribution < 1.29 is 4.79 Å². The molecule has 0 atom stereocenters. The predicted molar refractivity (Wildman–Crippen MR) is 93.5 cm³/mol. The maximum absolute atomic E-state index is 13.0. The second-order valence-corrected chi connectivity index (χ2v) is 8.33. The van der Waals surface area contributed by atoms with Gasteiger partial charge >= 0.3 is 0 Å². The van der Waals surface area contributed by atoms with Crippen LogP contribution < -0.4 is 5.32 Å². The molecule has 0 radical (unpaired) electrons. The van der Waals surface area contributed by atoms with Crippen LogP contribution in [0.4, 0.5) is 0 Å². The molecule has 0 heterocycles. The Morgan fingerprint density at radius 2 is 1.50 bits per heavy atom. The van der Waals surface area contributed by atoms with Crippen LogP contribution in [0.5, 0.6) is 0 Å². The summed E-state index contributed by atoms with van der Waals surface area (Å²) in [6.45, 7) is 6.19. The smallest absolute Gasteiger partial charge is 0.232 e. The van der Waals surface area contributed by atoms with Gasteiger partial charge in [0.25, 0.3) is 0 Å². The van der Waals surface area contributed by atoms with Gasteiger partial charge < -0.3 is 10.2 Å². The topological polar surface area (TPSA) is 32.3 Å². The fraction of sp³-hybridized carbons (Fsp3) is 0.889. The Hall–Kier alpha value is -0.640. The number of nitrogens with zero attached hydrogens (tertiary/aromatic N) is 1. The molecule has 4 aliphatic rings. The molecule has 0 aliphatic heterocycles. The quantitative estimate of drug-likeness (QED) is 0.783. The summed E-state index contributed by atoms with van der Waals surface area (Å²) < 4.78 is 0. The van der Waals surface area contributed by atoms with E-state index < -0.39 is 0 Å². The van der Waals surface area contributed by atoms with Crippen molar-refractivity contribution in [3.63, 3.8) is 0 Å². The van der Waals surface area contributed by atoms with Gasteiger partial charge in [0.05, 0.1) is 5.41 Å². The standard InChI is InChI=1S/C18H30N2OS/c1-3-5-20(6-4-2)17(22)19-16(21)18-10-13-7-14(11-18)9-15(8-13)12-18/h13-15H,3-12H2,1-2H3,(H,19,21,22). The van der Waals surface area contributed by atoms with Crippen molar-refractivity contribution in [2.75, 3.05) is 13.1 Å². The van der Waals surface area contributed by atoms with Gasteiger partial charge in [-0.15, -0.1) is 0 Å². The molecule has 3 nitrogen and oxygen atoms in total. The second kappa shape index (κ2) is 6.46. The van der Waals surface area contributed by atoms with E-state index in [0.717, 1.165) is 62.9 Å². The number of hydrogen-bond donors (Lipinski definition) is 1. The summed E-state index contributed by atoms with van der Waals surface area (Å²) in [5, 5.41) is 3.78. The van der Waals surface area contributed by atoms with Crippen LogP contribution in [-0.2, 0) is 4.79 Å². The molecule has 4 aliphatic carbocycles. The molecule has 22 heavy (non-hydrogen) atoms. The first-order chi connectivity index (χ1) is 10.6. The summed E-state index contributed by atoms with van der Waals surface area (Å²) in [5.41, 5.74) is -0.0943. The molecule has 124 valence electrons. The van der Waals surface area contributed by atoms with Crippen LogP contribution in [-0.4, -0.2) is 29.0 Å². The third-order valence-corrected chi connectivity index (χ3v) is 6.37. The highest BCUT2D eigenvalue weighted by molar-refractivity contribution is 7.80. The molecule has 1 amide bonds. The van der Waals surface area contributed by atoms with Crippen LogP contribution in [0.1, 0.15) is 65.2 Å². The first-order valence-electron chi connectivity index (χ1n) is 9.16. The summed E-state index contributed by atoms with van der Waals surface area (Å²) in [7, 11) is 0. The zero-order valence-electron chi connectivity index (χ0n) is 14.1. The third kappa shape index (κ3) is 3.04. The van der Waals surface area contributed by atoms with Crippen LogP contribution in [0.15, 0.2) is 0 Å². The molecule has 0 aromatic rings. The summed E-state index contributed by atoms with van der Waals surface area (Å²) >= 11 is 5.53. The maximum atomic E-state index is 13.0. The van der Waals surface area contributed by atoms with Crippen molar-refractivity contribution in [2.45, 2.75) is 65.2 Å². The van der Waals surface area contributed by atoms with Gasteiger partial charge in [-0.1, -0.05) is 13.8 Å². The lowest BCUT2D eigenvalue weighted by atomic mass is 9.49.